The van der Waals surface area contributed by atoms with Crippen molar-refractivity contribution < 1.29 is 26.7 Å². The summed E-state index contributed by atoms with van der Waals surface area (Å²) in [6, 6.07) is 0. The normalized spacial score (nSPS) is 16.1. The lowest BCUT2D eigenvalue weighted by atomic mass is 10.3. The monoisotopic (exact) mass is 206 g/mol. The van der Waals surface area contributed by atoms with Crippen LogP contribution in [0.5, 0.6) is 0 Å². The van der Waals surface area contributed by atoms with Crippen molar-refractivity contribution in [3.05, 3.63) is 0 Å². The topological polar surface area (TPSA) is 54.4 Å². The average molecular weight is 206 g/mol. The van der Waals surface area contributed by atoms with Gasteiger partial charge in [0.15, 0.2) is 6.10 Å². The first kappa shape index (κ1) is 11.7. The second-order valence-electron chi connectivity index (χ2n) is 2.48. The quantitative estimate of drug-likeness (QED) is 0.724. The second kappa shape index (κ2) is 3.61. The Hall–Kier alpha value is -0.300. The van der Waals surface area contributed by atoms with Crippen molar-refractivity contribution in [2.24, 2.45) is 0 Å². The van der Waals surface area contributed by atoms with Gasteiger partial charge < -0.3 is 5.11 Å². The van der Waals surface area contributed by atoms with E-state index >= 15 is 0 Å². The molecule has 0 unspecified atom stereocenters. The zero-order valence-corrected chi connectivity index (χ0v) is 7.11. The van der Waals surface area contributed by atoms with Crippen molar-refractivity contribution in [1.29, 1.82) is 0 Å². The molecule has 3 nitrogen and oxygen atoms in total. The fraction of sp³-hybridized carbons (Fsp3) is 1.00. The zero-order valence-electron chi connectivity index (χ0n) is 6.30. The molecular weight excluding hydrogens is 197 g/mol. The molecule has 0 fully saturated rings. The Morgan fingerprint density at radius 2 is 1.83 bits per heavy atom. The van der Waals surface area contributed by atoms with Gasteiger partial charge in [-0.05, 0) is 6.42 Å². The standard InChI is InChI=1S/C5H9F3O3S/c1-12(10,11)3-2-4(9)5(6,7)8/h4,9H,2-3H2,1H3/t4-/m0/s1. The summed E-state index contributed by atoms with van der Waals surface area (Å²) in [5, 5.41) is 8.36. The molecule has 0 aliphatic heterocycles. The van der Waals surface area contributed by atoms with Gasteiger partial charge in [0.2, 0.25) is 0 Å². The van der Waals surface area contributed by atoms with E-state index in [0.29, 0.717) is 0 Å². The highest BCUT2D eigenvalue weighted by molar-refractivity contribution is 7.90. The van der Waals surface area contributed by atoms with Crippen molar-refractivity contribution in [2.45, 2.75) is 18.7 Å². The third kappa shape index (κ3) is 5.36. The molecule has 0 aromatic carbocycles. The number of halogens is 3. The van der Waals surface area contributed by atoms with Gasteiger partial charge in [-0.2, -0.15) is 13.2 Å². The molecule has 0 radical (unpaired) electrons. The Morgan fingerprint density at radius 3 is 2.08 bits per heavy atom. The predicted molar refractivity (Wildman–Crippen MR) is 36.4 cm³/mol. The lowest BCUT2D eigenvalue weighted by Gasteiger charge is -2.12. The Balaban J connectivity index is 3.97. The first-order valence-electron chi connectivity index (χ1n) is 3.05. The highest BCUT2D eigenvalue weighted by Crippen LogP contribution is 2.22. The number of aliphatic hydroxyl groups is 1. The summed E-state index contributed by atoms with van der Waals surface area (Å²) in [5.74, 6) is -0.659. The third-order valence-corrected chi connectivity index (χ3v) is 2.12. The number of hydrogen-bond acceptors (Lipinski definition) is 3. The molecule has 0 bridgehead atoms. The molecule has 0 saturated heterocycles. The van der Waals surface area contributed by atoms with Crippen molar-refractivity contribution in [2.75, 3.05) is 12.0 Å². The largest absolute Gasteiger partial charge is 0.414 e. The lowest BCUT2D eigenvalue weighted by Crippen LogP contribution is -2.30. The molecule has 74 valence electrons. The molecule has 0 aromatic rings. The highest BCUT2D eigenvalue weighted by atomic mass is 32.2. The van der Waals surface area contributed by atoms with Crippen molar-refractivity contribution >= 4 is 9.84 Å². The molecule has 7 heteroatoms. The van der Waals surface area contributed by atoms with Crippen molar-refractivity contribution in [3.63, 3.8) is 0 Å². The third-order valence-electron chi connectivity index (χ3n) is 1.14. The molecule has 1 atom stereocenters. The first-order valence-corrected chi connectivity index (χ1v) is 5.11. The summed E-state index contributed by atoms with van der Waals surface area (Å²) in [4.78, 5) is 0. The lowest BCUT2D eigenvalue weighted by molar-refractivity contribution is -0.203. The van der Waals surface area contributed by atoms with Gasteiger partial charge in [0.25, 0.3) is 0 Å². The maximum Gasteiger partial charge on any atom is 0.414 e. The van der Waals surface area contributed by atoms with E-state index in [9.17, 15) is 21.6 Å². The molecule has 0 spiro atoms. The van der Waals surface area contributed by atoms with E-state index in [4.69, 9.17) is 5.11 Å². The van der Waals surface area contributed by atoms with Crippen molar-refractivity contribution in [1.82, 2.24) is 0 Å². The maximum atomic E-state index is 11.6. The van der Waals surface area contributed by atoms with E-state index in [-0.39, 0.29) is 0 Å². The molecule has 0 aliphatic carbocycles. The number of aliphatic hydroxyl groups excluding tert-OH is 1. The Bertz CT molecular complexity index is 231. The smallest absolute Gasteiger partial charge is 0.384 e. The van der Waals surface area contributed by atoms with Crippen LogP contribution in [0.3, 0.4) is 0 Å². The summed E-state index contributed by atoms with van der Waals surface area (Å²) in [5.41, 5.74) is 0. The summed E-state index contributed by atoms with van der Waals surface area (Å²) in [7, 11) is -3.44. The van der Waals surface area contributed by atoms with Crippen LogP contribution in [0.1, 0.15) is 6.42 Å². The SMILES string of the molecule is CS(=O)(=O)CC[C@H](O)C(F)(F)F. The summed E-state index contributed by atoms with van der Waals surface area (Å²) < 4.78 is 55.5. The van der Waals surface area contributed by atoms with E-state index in [0.717, 1.165) is 6.26 Å². The van der Waals surface area contributed by atoms with E-state index in [1.165, 1.54) is 0 Å². The van der Waals surface area contributed by atoms with Crippen LogP contribution >= 0.6 is 0 Å². The Morgan fingerprint density at radius 1 is 1.42 bits per heavy atom. The van der Waals surface area contributed by atoms with Crippen molar-refractivity contribution in [3.8, 4) is 0 Å². The summed E-state index contributed by atoms with van der Waals surface area (Å²) in [6.45, 7) is 0. The van der Waals surface area contributed by atoms with E-state index in [2.05, 4.69) is 0 Å². The van der Waals surface area contributed by atoms with Gasteiger partial charge >= 0.3 is 6.18 Å². The number of rotatable bonds is 3. The molecule has 1 N–H and O–H groups in total. The van der Waals surface area contributed by atoms with Gasteiger partial charge in [0, 0.05) is 6.26 Å². The van der Waals surface area contributed by atoms with Crippen LogP contribution in [0.2, 0.25) is 0 Å². The Kier molecular flexibility index (Phi) is 3.52. The van der Waals surface area contributed by atoms with Gasteiger partial charge in [-0.3, -0.25) is 0 Å². The number of hydrogen-bond donors (Lipinski definition) is 1. The van der Waals surface area contributed by atoms with Gasteiger partial charge in [-0.15, -0.1) is 0 Å². The molecule has 0 heterocycles. The van der Waals surface area contributed by atoms with Gasteiger partial charge in [-0.25, -0.2) is 8.42 Å². The molecule has 0 amide bonds. The molecule has 0 aliphatic rings. The van der Waals surface area contributed by atoms with Crippen LogP contribution < -0.4 is 0 Å². The van der Waals surface area contributed by atoms with Crippen LogP contribution in [-0.2, 0) is 9.84 Å². The summed E-state index contributed by atoms with van der Waals surface area (Å²) in [6.07, 6.45) is -7.27. The number of sulfone groups is 1. The van der Waals surface area contributed by atoms with E-state index in [1.807, 2.05) is 0 Å². The first-order chi connectivity index (χ1) is 5.13. The van der Waals surface area contributed by atoms with Gasteiger partial charge in [0.1, 0.15) is 9.84 Å². The summed E-state index contributed by atoms with van der Waals surface area (Å²) >= 11 is 0. The molecule has 0 rings (SSSR count). The van der Waals surface area contributed by atoms with Crippen LogP contribution in [0.15, 0.2) is 0 Å². The minimum absolute atomic E-state index is 0.659. The zero-order chi connectivity index (χ0) is 9.99. The highest BCUT2D eigenvalue weighted by Gasteiger charge is 2.38. The molecule has 12 heavy (non-hydrogen) atoms. The fourth-order valence-corrected chi connectivity index (χ4v) is 1.14. The fourth-order valence-electron chi connectivity index (χ4n) is 0.489. The maximum absolute atomic E-state index is 11.6. The van der Waals surface area contributed by atoms with Crippen LogP contribution in [0.25, 0.3) is 0 Å². The molecular formula is C5H9F3O3S. The minimum Gasteiger partial charge on any atom is -0.384 e. The van der Waals surface area contributed by atoms with E-state index in [1.54, 1.807) is 0 Å². The number of alkyl halides is 3. The van der Waals surface area contributed by atoms with E-state index < -0.39 is 34.3 Å². The second-order valence-corrected chi connectivity index (χ2v) is 4.74. The van der Waals surface area contributed by atoms with Gasteiger partial charge in [-0.1, -0.05) is 0 Å². The molecule has 0 saturated carbocycles. The average Bonchev–Trinajstić information content (AvgIpc) is 1.78. The van der Waals surface area contributed by atoms with Crippen LogP contribution in [0, 0.1) is 0 Å². The van der Waals surface area contributed by atoms with Crippen LogP contribution in [-0.4, -0.2) is 37.8 Å². The molecule has 0 aromatic heterocycles. The Labute approximate surface area is 68.1 Å². The van der Waals surface area contributed by atoms with Crippen LogP contribution in [0.4, 0.5) is 13.2 Å². The predicted octanol–water partition coefficient (Wildman–Crippen LogP) is 0.344. The van der Waals surface area contributed by atoms with Gasteiger partial charge in [0.05, 0.1) is 5.75 Å². The minimum atomic E-state index is -4.73.